The molecule has 2 aliphatic rings. The number of fused-ring (bicyclic) bond motifs is 4. The van der Waals surface area contributed by atoms with Gasteiger partial charge in [-0.05, 0) is 47.2 Å². The van der Waals surface area contributed by atoms with Crippen molar-refractivity contribution in [2.75, 3.05) is 0 Å². The number of pyridine rings is 1. The molecule has 168 valence electrons. The van der Waals surface area contributed by atoms with E-state index < -0.39 is 6.10 Å². The van der Waals surface area contributed by atoms with Crippen LogP contribution in [0.1, 0.15) is 53.6 Å². The average molecular weight is 448 g/mol. The summed E-state index contributed by atoms with van der Waals surface area (Å²) in [4.78, 5) is 18.4. The number of nitrogens with zero attached hydrogens (tertiary/aromatic N) is 1. The third-order valence-corrected chi connectivity index (χ3v) is 6.78. The number of carbonyl (C=O) groups excluding carboxylic acids is 1. The zero-order valence-electron chi connectivity index (χ0n) is 19.2. The second-order valence-electron chi connectivity index (χ2n) is 9.94. The van der Waals surface area contributed by atoms with Gasteiger partial charge in [-0.15, -0.1) is 0 Å². The van der Waals surface area contributed by atoms with Crippen LogP contribution in [0.2, 0.25) is 0 Å². The second-order valence-corrected chi connectivity index (χ2v) is 9.94. The molecule has 2 aliphatic carbocycles. The molecule has 1 atom stereocenters. The molecule has 0 saturated heterocycles. The molecule has 34 heavy (non-hydrogen) atoms. The number of aliphatic hydroxyl groups is 1. The first kappa shape index (κ1) is 20.8. The summed E-state index contributed by atoms with van der Waals surface area (Å²) < 4.78 is 5.97. The smallest absolute Gasteiger partial charge is 0.165 e. The van der Waals surface area contributed by atoms with Gasteiger partial charge >= 0.3 is 0 Å². The van der Waals surface area contributed by atoms with E-state index in [2.05, 4.69) is 13.8 Å². The van der Waals surface area contributed by atoms with Crippen LogP contribution in [0, 0.1) is 5.41 Å². The van der Waals surface area contributed by atoms with E-state index in [1.807, 2.05) is 78.9 Å². The summed E-state index contributed by atoms with van der Waals surface area (Å²) in [5, 5.41) is 11.3. The van der Waals surface area contributed by atoms with E-state index in [1.54, 1.807) is 0 Å². The third kappa shape index (κ3) is 3.34. The molecule has 4 heteroatoms. The lowest BCUT2D eigenvalue weighted by atomic mass is 9.73. The Hall–Kier alpha value is -3.76. The van der Waals surface area contributed by atoms with Crippen LogP contribution in [0.4, 0.5) is 0 Å². The zero-order valence-corrected chi connectivity index (χ0v) is 19.2. The highest BCUT2D eigenvalue weighted by atomic mass is 16.5. The molecule has 3 aromatic carbocycles. The fourth-order valence-corrected chi connectivity index (χ4v) is 5.31. The summed E-state index contributed by atoms with van der Waals surface area (Å²) in [7, 11) is 0. The SMILES string of the molecule is CC1(C)CC(=O)c2c(nc3c(c2-c2ccc(Oc4ccccc4)cc2)[C@@H](O)c2ccccc2-3)C1. The third-order valence-electron chi connectivity index (χ3n) is 6.78. The van der Waals surface area contributed by atoms with Crippen LogP contribution >= 0.6 is 0 Å². The fraction of sp³-hybridized carbons (Fsp3) is 0.200. The number of Topliss-reactive ketones (excluding diaryl/α,β-unsaturated/α-hetero) is 1. The number of ketones is 1. The summed E-state index contributed by atoms with van der Waals surface area (Å²) in [6.07, 6.45) is 0.370. The van der Waals surface area contributed by atoms with E-state index in [0.29, 0.717) is 17.7 Å². The number of carbonyl (C=O) groups is 1. The lowest BCUT2D eigenvalue weighted by Crippen LogP contribution is -2.29. The number of rotatable bonds is 3. The van der Waals surface area contributed by atoms with E-state index >= 15 is 0 Å². The van der Waals surface area contributed by atoms with Crippen LogP contribution in [-0.4, -0.2) is 15.9 Å². The van der Waals surface area contributed by atoms with Crippen molar-refractivity contribution in [3.8, 4) is 33.9 Å². The predicted molar refractivity (Wildman–Crippen MR) is 132 cm³/mol. The summed E-state index contributed by atoms with van der Waals surface area (Å²) in [6, 6.07) is 25.2. The number of aromatic nitrogens is 1. The molecular formula is C30H25NO3. The number of hydrogen-bond donors (Lipinski definition) is 1. The van der Waals surface area contributed by atoms with Gasteiger partial charge in [-0.25, -0.2) is 0 Å². The molecule has 4 nitrogen and oxygen atoms in total. The first-order valence-corrected chi connectivity index (χ1v) is 11.6. The van der Waals surface area contributed by atoms with Crippen molar-refractivity contribution >= 4 is 5.78 Å². The van der Waals surface area contributed by atoms with Crippen LogP contribution in [-0.2, 0) is 6.42 Å². The average Bonchev–Trinajstić information content (AvgIpc) is 3.10. The summed E-state index contributed by atoms with van der Waals surface area (Å²) in [6.45, 7) is 4.22. The summed E-state index contributed by atoms with van der Waals surface area (Å²) >= 11 is 0. The molecule has 1 aromatic heterocycles. The second kappa shape index (κ2) is 7.64. The van der Waals surface area contributed by atoms with Crippen molar-refractivity contribution in [2.45, 2.75) is 32.8 Å². The van der Waals surface area contributed by atoms with Crippen LogP contribution in [0.3, 0.4) is 0 Å². The molecule has 1 heterocycles. The quantitative estimate of drug-likeness (QED) is 0.377. The molecule has 6 rings (SSSR count). The van der Waals surface area contributed by atoms with Gasteiger partial charge in [-0.3, -0.25) is 9.78 Å². The number of benzene rings is 3. The van der Waals surface area contributed by atoms with Gasteiger partial charge in [-0.2, -0.15) is 0 Å². The van der Waals surface area contributed by atoms with Crippen molar-refractivity contribution in [3.63, 3.8) is 0 Å². The first-order valence-electron chi connectivity index (χ1n) is 11.6. The van der Waals surface area contributed by atoms with Crippen molar-refractivity contribution in [3.05, 3.63) is 101 Å². The zero-order chi connectivity index (χ0) is 23.4. The van der Waals surface area contributed by atoms with Crippen molar-refractivity contribution in [1.82, 2.24) is 4.98 Å². The lowest BCUT2D eigenvalue weighted by molar-refractivity contribution is 0.0911. The minimum absolute atomic E-state index is 0.0873. The fourth-order valence-electron chi connectivity index (χ4n) is 5.31. The van der Waals surface area contributed by atoms with Crippen LogP contribution in [0.25, 0.3) is 22.4 Å². The highest BCUT2D eigenvalue weighted by Crippen LogP contribution is 2.50. The van der Waals surface area contributed by atoms with Crippen LogP contribution in [0.15, 0.2) is 78.9 Å². The molecule has 0 radical (unpaired) electrons. The predicted octanol–water partition coefficient (Wildman–Crippen LogP) is 6.76. The Labute approximate surface area is 198 Å². The highest BCUT2D eigenvalue weighted by molar-refractivity contribution is 6.07. The summed E-state index contributed by atoms with van der Waals surface area (Å²) in [5.74, 6) is 1.57. The van der Waals surface area contributed by atoms with E-state index in [0.717, 1.165) is 51.4 Å². The minimum Gasteiger partial charge on any atom is -0.457 e. The molecule has 0 spiro atoms. The molecule has 0 saturated carbocycles. The number of para-hydroxylation sites is 1. The monoisotopic (exact) mass is 447 g/mol. The Morgan fingerprint density at radius 1 is 0.853 bits per heavy atom. The Kier molecular flexibility index (Phi) is 4.68. The number of hydrogen-bond acceptors (Lipinski definition) is 4. The van der Waals surface area contributed by atoms with Gasteiger partial charge in [0, 0.05) is 28.7 Å². The van der Waals surface area contributed by atoms with Gasteiger partial charge in [0.1, 0.15) is 17.6 Å². The van der Waals surface area contributed by atoms with Crippen molar-refractivity contribution in [2.24, 2.45) is 5.41 Å². The van der Waals surface area contributed by atoms with Crippen molar-refractivity contribution in [1.29, 1.82) is 0 Å². The van der Waals surface area contributed by atoms with Gasteiger partial charge in [0.15, 0.2) is 5.78 Å². The van der Waals surface area contributed by atoms with E-state index in [-0.39, 0.29) is 11.2 Å². The van der Waals surface area contributed by atoms with Gasteiger partial charge in [0.05, 0.1) is 11.4 Å². The van der Waals surface area contributed by atoms with E-state index in [9.17, 15) is 9.90 Å². The summed E-state index contributed by atoms with van der Waals surface area (Å²) in [5.41, 5.74) is 6.30. The molecule has 4 aromatic rings. The Morgan fingerprint density at radius 2 is 1.53 bits per heavy atom. The van der Waals surface area contributed by atoms with Gasteiger partial charge in [0.2, 0.25) is 0 Å². The van der Waals surface area contributed by atoms with E-state index in [1.165, 1.54) is 0 Å². The molecule has 0 aliphatic heterocycles. The molecule has 0 unspecified atom stereocenters. The maximum absolute atomic E-state index is 13.4. The maximum Gasteiger partial charge on any atom is 0.165 e. The number of ether oxygens (including phenoxy) is 1. The molecule has 0 bridgehead atoms. The number of aliphatic hydroxyl groups excluding tert-OH is 1. The normalized spacial score (nSPS) is 17.6. The molecule has 0 fully saturated rings. The molecule has 1 N–H and O–H groups in total. The van der Waals surface area contributed by atoms with Crippen LogP contribution < -0.4 is 4.74 Å². The van der Waals surface area contributed by atoms with E-state index in [4.69, 9.17) is 9.72 Å². The Bertz CT molecular complexity index is 1420. The topological polar surface area (TPSA) is 59.4 Å². The van der Waals surface area contributed by atoms with Gasteiger partial charge in [0.25, 0.3) is 0 Å². The lowest BCUT2D eigenvalue weighted by Gasteiger charge is -2.32. The Morgan fingerprint density at radius 3 is 2.29 bits per heavy atom. The Balaban J connectivity index is 1.53. The minimum atomic E-state index is -0.818. The van der Waals surface area contributed by atoms with Crippen LogP contribution in [0.5, 0.6) is 11.5 Å². The maximum atomic E-state index is 13.4. The molecular weight excluding hydrogens is 422 g/mol. The van der Waals surface area contributed by atoms with Gasteiger partial charge < -0.3 is 9.84 Å². The standard InChI is InChI=1S/C30H25NO3/c1-30(2)16-23-26(24(32)17-30)25(27-28(31-23)21-10-6-7-11-22(21)29(27)33)18-12-14-20(15-13-18)34-19-8-4-3-5-9-19/h3-15,29,33H,16-17H2,1-2H3/t29-/m0/s1. The van der Waals surface area contributed by atoms with Gasteiger partial charge in [-0.1, -0.05) is 68.4 Å². The largest absolute Gasteiger partial charge is 0.457 e. The molecule has 0 amide bonds. The highest BCUT2D eigenvalue weighted by Gasteiger charge is 2.40. The first-order chi connectivity index (χ1) is 16.4. The van der Waals surface area contributed by atoms with Crippen molar-refractivity contribution < 1.29 is 14.6 Å².